The fourth-order valence-electron chi connectivity index (χ4n) is 10.3. The molecule has 0 radical (unpaired) electrons. The zero-order chi connectivity index (χ0) is 66.4. The summed E-state index contributed by atoms with van der Waals surface area (Å²) in [7, 11) is 1.75. The maximum Gasteiger partial charge on any atom is 0.326 e. The van der Waals surface area contributed by atoms with E-state index in [2.05, 4.69) is 81.9 Å². The van der Waals surface area contributed by atoms with Gasteiger partial charge in [-0.05, 0) is 129 Å². The van der Waals surface area contributed by atoms with Crippen molar-refractivity contribution in [2.45, 2.75) is 101 Å². The molecule has 5 rings (SSSR count). The largest absolute Gasteiger partial charge is 0.480 e. The van der Waals surface area contributed by atoms with Gasteiger partial charge in [0.05, 0.1) is 32.2 Å². The van der Waals surface area contributed by atoms with Crippen LogP contribution >= 0.6 is 22.6 Å². The van der Waals surface area contributed by atoms with E-state index in [9.17, 15) is 78.3 Å². The van der Waals surface area contributed by atoms with Gasteiger partial charge in [-0.15, -0.1) is 0 Å². The minimum atomic E-state index is -1.55. The highest BCUT2D eigenvalue weighted by Crippen LogP contribution is 2.25. The third-order valence-electron chi connectivity index (χ3n) is 15.4. The Morgan fingerprint density at radius 3 is 1.66 bits per heavy atom. The Bertz CT molecular complexity index is 2960. The molecule has 91 heavy (non-hydrogen) atoms. The molecule has 2 aliphatic heterocycles. The van der Waals surface area contributed by atoms with Crippen molar-refractivity contribution in [1.82, 2.24) is 56.2 Å². The summed E-state index contributed by atoms with van der Waals surface area (Å²) in [5, 5.41) is 68.5. The lowest BCUT2D eigenvalue weighted by Gasteiger charge is -2.35. The second-order valence-electron chi connectivity index (χ2n) is 22.5. The van der Waals surface area contributed by atoms with Crippen LogP contribution in [-0.2, 0) is 49.6 Å². The molecule has 500 valence electrons. The quantitative estimate of drug-likeness (QED) is 0.0264. The first-order chi connectivity index (χ1) is 43.4. The van der Waals surface area contributed by atoms with Gasteiger partial charge in [0.25, 0.3) is 11.5 Å². The van der Waals surface area contributed by atoms with E-state index in [4.69, 9.17) is 5.73 Å². The number of carbonyl (C=O) groups is 10. The smallest absolute Gasteiger partial charge is 0.326 e. The van der Waals surface area contributed by atoms with E-state index in [0.717, 1.165) is 16.4 Å². The topological polar surface area (TPSA) is 444 Å². The van der Waals surface area contributed by atoms with Gasteiger partial charge in [-0.1, -0.05) is 12.1 Å². The fourth-order valence-corrected chi connectivity index (χ4v) is 10.7. The van der Waals surface area contributed by atoms with Crippen LogP contribution in [0.2, 0.25) is 0 Å². The Hall–Kier alpha value is -8.21. The normalized spacial score (nSPS) is 16.2. The molecule has 5 amide bonds. The summed E-state index contributed by atoms with van der Waals surface area (Å²) in [6, 6.07) is 9.92. The van der Waals surface area contributed by atoms with Gasteiger partial charge in [-0.2, -0.15) is 4.98 Å². The van der Waals surface area contributed by atoms with E-state index in [0.29, 0.717) is 56.0 Å². The minimum absolute atomic E-state index is 0.0143. The molecule has 1 fully saturated rings. The molecule has 2 aliphatic rings. The molecule has 15 N–H and O–H groups in total. The number of anilines is 4. The molecular weight excluding hydrogens is 1300 g/mol. The number of carbonyl (C=O) groups excluding carboxylic acids is 5. The van der Waals surface area contributed by atoms with E-state index < -0.39 is 90.0 Å². The number of H-pyrrole nitrogens is 1. The van der Waals surface area contributed by atoms with E-state index in [1.165, 1.54) is 17.7 Å². The molecule has 3 heterocycles. The van der Waals surface area contributed by atoms with Crippen LogP contribution in [0.1, 0.15) is 86.6 Å². The number of aryl methyl sites for hydroxylation is 1. The molecule has 31 nitrogen and oxygen atoms in total. The number of halogens is 1. The molecule has 0 saturated carbocycles. The van der Waals surface area contributed by atoms with Crippen molar-refractivity contribution in [3.63, 3.8) is 0 Å². The standard InChI is InChI=1S/C59H86IN15O16/c1-71-42(33-65-53-52(71)56(87)70-59(61)69-53)32-64-41-18-14-39(15-19-41)54(85)67-45(58(90)91)20-21-47(77)66-43(55(86)68-44(57(88)89)10-5-7-22-62-46(76)11-3-2-8-38-12-16-40(60)17-13-38)9-4-6-23-63-48(78)34-72-24-26-73(35-49(79)80)28-30-75(37-51(83)84)31-29-74(27-25-72)36-50(81)82/h12-19,42-45,64H,2-11,20-37H2,1H3,(H,62,76)(H,63,78)(H,66,77)(H,67,85)(H,68,86)(H,79,80)(H,81,82)(H,83,84)(H,88,89)(H,90,91)(H4,61,65,69,70,87)/t42-,43-,44-,45-/m0/s1. The Kier molecular flexibility index (Phi) is 31.1. The lowest BCUT2D eigenvalue weighted by Crippen LogP contribution is -2.52. The van der Waals surface area contributed by atoms with Crippen LogP contribution in [0.15, 0.2) is 53.3 Å². The number of aliphatic carboxylic acids is 5. The van der Waals surface area contributed by atoms with E-state index in [-0.39, 0.29) is 141 Å². The van der Waals surface area contributed by atoms with Crippen LogP contribution in [0.4, 0.5) is 23.1 Å². The van der Waals surface area contributed by atoms with E-state index in [1.807, 2.05) is 12.1 Å². The number of aromatic amines is 1. The number of nitrogens with zero attached hydrogens (tertiary/aromatic N) is 6. The van der Waals surface area contributed by atoms with Crippen LogP contribution in [0.5, 0.6) is 0 Å². The highest BCUT2D eigenvalue weighted by molar-refractivity contribution is 14.1. The molecule has 0 bridgehead atoms. The summed E-state index contributed by atoms with van der Waals surface area (Å²) in [5.41, 5.74) is 7.54. The number of rotatable bonds is 36. The van der Waals surface area contributed by atoms with Crippen LogP contribution in [0.3, 0.4) is 0 Å². The lowest BCUT2D eigenvalue weighted by atomic mass is 10.0. The third-order valence-corrected chi connectivity index (χ3v) is 16.1. The average Bonchev–Trinajstić information content (AvgIpc) is 0.874. The number of carboxylic acid groups (broad SMARTS) is 5. The number of carboxylic acids is 5. The van der Waals surface area contributed by atoms with Crippen molar-refractivity contribution < 1.29 is 73.5 Å². The first kappa shape index (κ1) is 73.5. The van der Waals surface area contributed by atoms with Crippen molar-refractivity contribution in [3.8, 4) is 0 Å². The number of fused-ring (bicyclic) bond motifs is 1. The molecule has 2 aromatic carbocycles. The average molecular weight is 1390 g/mol. The van der Waals surface area contributed by atoms with Crippen LogP contribution in [-0.4, -0.2) is 250 Å². The maximum atomic E-state index is 13.9. The van der Waals surface area contributed by atoms with Gasteiger partial charge in [-0.25, -0.2) is 9.59 Å². The maximum absolute atomic E-state index is 13.9. The number of nitrogens with two attached hydrogens (primary N) is 1. The summed E-state index contributed by atoms with van der Waals surface area (Å²) in [6.45, 7) is 1.65. The third kappa shape index (κ3) is 27.4. The summed E-state index contributed by atoms with van der Waals surface area (Å²) in [4.78, 5) is 154. The molecular formula is C59H86IN15O16. The number of unbranched alkanes of at least 4 members (excludes halogenated alkanes) is 3. The van der Waals surface area contributed by atoms with Gasteiger partial charge >= 0.3 is 29.8 Å². The van der Waals surface area contributed by atoms with Crippen LogP contribution < -0.4 is 53.4 Å². The van der Waals surface area contributed by atoms with Gasteiger partial charge in [-0.3, -0.25) is 67.7 Å². The number of nitrogen functional groups attached to an aromatic ring is 1. The number of hydrogen-bond acceptors (Lipinski definition) is 20. The SMILES string of the molecule is CN1c2c(nc(N)[nH]c2=O)NC[C@@H]1CNc1ccc(C(=O)N[C@@H](CCC(=O)N[C@@H](CCCCNC(=O)CN2CCN(CC(=O)O)CCN(CC(=O)O)CCN(CC(=O)O)CC2)C(=O)N[C@@H](CCCCNC(=O)CCCCc2ccc(I)cc2)C(=O)O)C(=O)O)cc1. The Morgan fingerprint density at radius 1 is 0.604 bits per heavy atom. The minimum Gasteiger partial charge on any atom is -0.480 e. The van der Waals surface area contributed by atoms with Crippen molar-refractivity contribution in [2.24, 2.45) is 0 Å². The predicted octanol–water partition coefficient (Wildman–Crippen LogP) is -0.222. The molecule has 0 aliphatic carbocycles. The number of nitrogens with one attached hydrogen (secondary N) is 8. The molecule has 4 atom stereocenters. The number of benzene rings is 2. The van der Waals surface area contributed by atoms with Crippen molar-refractivity contribution >= 4 is 105 Å². The number of aromatic nitrogens is 2. The van der Waals surface area contributed by atoms with Crippen molar-refractivity contribution in [1.29, 1.82) is 0 Å². The summed E-state index contributed by atoms with van der Waals surface area (Å²) < 4.78 is 1.14. The van der Waals surface area contributed by atoms with E-state index in [1.54, 1.807) is 43.7 Å². The zero-order valence-corrected chi connectivity index (χ0v) is 53.3. The lowest BCUT2D eigenvalue weighted by molar-refractivity contribution is -0.142. The molecule has 1 saturated heterocycles. The first-order valence-corrected chi connectivity index (χ1v) is 31.4. The fraction of sp³-hybridized carbons (Fsp3) is 0.559. The first-order valence-electron chi connectivity index (χ1n) is 30.3. The highest BCUT2D eigenvalue weighted by Gasteiger charge is 2.30. The molecule has 32 heteroatoms. The summed E-state index contributed by atoms with van der Waals surface area (Å²) in [5.74, 6) is -8.63. The second-order valence-corrected chi connectivity index (χ2v) is 23.7. The van der Waals surface area contributed by atoms with Gasteiger partial charge in [0, 0.05) is 113 Å². The van der Waals surface area contributed by atoms with Crippen LogP contribution in [0.25, 0.3) is 0 Å². The van der Waals surface area contributed by atoms with E-state index >= 15 is 0 Å². The highest BCUT2D eigenvalue weighted by atomic mass is 127. The Morgan fingerprint density at radius 2 is 1.12 bits per heavy atom. The van der Waals surface area contributed by atoms with Gasteiger partial charge < -0.3 is 73.4 Å². The molecule has 0 unspecified atom stereocenters. The van der Waals surface area contributed by atoms with Crippen LogP contribution in [0, 0.1) is 3.57 Å². The van der Waals surface area contributed by atoms with Crippen molar-refractivity contribution in [3.05, 3.63) is 73.6 Å². The molecule has 0 spiro atoms. The van der Waals surface area contributed by atoms with Crippen molar-refractivity contribution in [2.75, 3.05) is 133 Å². The Balaban J connectivity index is 1.15. The monoisotopic (exact) mass is 1390 g/mol. The number of amides is 5. The zero-order valence-electron chi connectivity index (χ0n) is 51.1. The molecule has 3 aromatic rings. The van der Waals surface area contributed by atoms with Gasteiger partial charge in [0.15, 0.2) is 5.82 Å². The van der Waals surface area contributed by atoms with Gasteiger partial charge in [0.2, 0.25) is 29.6 Å². The number of likely N-dealkylation sites (N-methyl/N-ethyl adjacent to an activating group) is 1. The Labute approximate surface area is 540 Å². The predicted molar refractivity (Wildman–Crippen MR) is 344 cm³/mol. The second kappa shape index (κ2) is 38.5. The summed E-state index contributed by atoms with van der Waals surface area (Å²) in [6.07, 6.45) is 2.95. The summed E-state index contributed by atoms with van der Waals surface area (Å²) >= 11 is 2.24. The van der Waals surface area contributed by atoms with Gasteiger partial charge in [0.1, 0.15) is 23.8 Å². The molecule has 1 aromatic heterocycles. The number of hydrogen-bond donors (Lipinski definition) is 14.